The zero-order valence-corrected chi connectivity index (χ0v) is 21.6. The summed E-state index contributed by atoms with van der Waals surface area (Å²) < 4.78 is 6.77. The minimum atomic E-state index is -0.289. The minimum absolute atomic E-state index is 0.0445. The van der Waals surface area contributed by atoms with Crippen LogP contribution in [0.5, 0.6) is 0 Å². The summed E-state index contributed by atoms with van der Waals surface area (Å²) in [6, 6.07) is 9.20. The zero-order valence-electron chi connectivity index (χ0n) is 20.9. The van der Waals surface area contributed by atoms with Gasteiger partial charge in [-0.15, -0.1) is 0 Å². The average molecular weight is 477 g/mol. The second-order valence-electron chi connectivity index (χ2n) is 10.5. The molecule has 0 radical (unpaired) electrons. The largest absolute Gasteiger partial charge is 0.385 e. The van der Waals surface area contributed by atoms with E-state index in [2.05, 4.69) is 26.1 Å². The molecule has 0 saturated carbocycles. The van der Waals surface area contributed by atoms with Crippen LogP contribution in [-0.4, -0.2) is 53.3 Å². The highest BCUT2D eigenvalue weighted by molar-refractivity contribution is 6.32. The van der Waals surface area contributed by atoms with E-state index in [0.29, 0.717) is 42.5 Å². The molecule has 2 aromatic rings. The average Bonchev–Trinajstić information content (AvgIpc) is 3.10. The number of nitrogens with one attached hydrogen (secondary N) is 1. The maximum absolute atomic E-state index is 13.0. The van der Waals surface area contributed by atoms with Crippen LogP contribution in [0.2, 0.25) is 5.02 Å². The van der Waals surface area contributed by atoms with Gasteiger partial charge >= 0.3 is 0 Å². The van der Waals surface area contributed by atoms with Gasteiger partial charge in [-0.2, -0.15) is 5.10 Å². The molecule has 1 aromatic carbocycles. The van der Waals surface area contributed by atoms with Gasteiger partial charge in [0.1, 0.15) is 5.82 Å². The smallest absolute Gasteiger partial charge is 0.245 e. The monoisotopic (exact) mass is 476 g/mol. The maximum atomic E-state index is 13.0. The number of hydrogen-bond donors (Lipinski definition) is 1. The van der Waals surface area contributed by atoms with E-state index in [1.165, 1.54) is 0 Å². The first-order valence-electron chi connectivity index (χ1n) is 11.2. The van der Waals surface area contributed by atoms with Gasteiger partial charge in [0.25, 0.3) is 0 Å². The molecular formula is C25H37ClN4O3. The molecule has 7 nitrogen and oxygen atoms in total. The third kappa shape index (κ3) is 8.16. The number of benzene rings is 1. The Hall–Kier alpha value is -2.38. The molecule has 0 aliphatic carbocycles. The molecule has 33 heavy (non-hydrogen) atoms. The predicted molar refractivity (Wildman–Crippen MR) is 133 cm³/mol. The van der Waals surface area contributed by atoms with Gasteiger partial charge in [-0.05, 0) is 24.0 Å². The topological polar surface area (TPSA) is 76.5 Å². The van der Waals surface area contributed by atoms with Crippen molar-refractivity contribution in [1.29, 1.82) is 0 Å². The lowest BCUT2D eigenvalue weighted by Gasteiger charge is -2.26. The number of amides is 2. The molecule has 0 bridgehead atoms. The van der Waals surface area contributed by atoms with Gasteiger partial charge in [-0.25, -0.2) is 4.68 Å². The van der Waals surface area contributed by atoms with E-state index < -0.39 is 0 Å². The molecule has 8 heteroatoms. The number of halogens is 1. The van der Waals surface area contributed by atoms with Crippen LogP contribution in [0.3, 0.4) is 0 Å². The van der Waals surface area contributed by atoms with Crippen LogP contribution in [0.25, 0.3) is 5.69 Å². The molecule has 2 amide bonds. The van der Waals surface area contributed by atoms with E-state index in [9.17, 15) is 9.59 Å². The molecule has 0 unspecified atom stereocenters. The van der Waals surface area contributed by atoms with Crippen LogP contribution in [0.4, 0.5) is 5.82 Å². The van der Waals surface area contributed by atoms with E-state index in [1.54, 1.807) is 22.8 Å². The number of hydrogen-bond acceptors (Lipinski definition) is 4. The van der Waals surface area contributed by atoms with Crippen molar-refractivity contribution in [2.45, 2.75) is 59.8 Å². The van der Waals surface area contributed by atoms with Gasteiger partial charge < -0.3 is 15.0 Å². The molecular weight excluding hydrogens is 440 g/mol. The fourth-order valence-corrected chi connectivity index (χ4v) is 3.47. The molecule has 0 atom stereocenters. The molecule has 0 fully saturated rings. The van der Waals surface area contributed by atoms with Crippen LogP contribution in [0.1, 0.15) is 60.1 Å². The van der Waals surface area contributed by atoms with E-state index >= 15 is 0 Å². The van der Waals surface area contributed by atoms with Gasteiger partial charge in [0.2, 0.25) is 11.8 Å². The SMILES string of the molecule is COCCCN(CC(=O)Nc1cc(C(C)(C)C)nn1-c1ccccc1Cl)C(=O)CC(C)(C)C. The number of carbonyl (C=O) groups excluding carboxylic acids is 2. The number of para-hydroxylation sites is 1. The van der Waals surface area contributed by atoms with Crippen LogP contribution in [-0.2, 0) is 19.7 Å². The second-order valence-corrected chi connectivity index (χ2v) is 10.9. The Morgan fingerprint density at radius 1 is 1.15 bits per heavy atom. The van der Waals surface area contributed by atoms with Crippen molar-refractivity contribution in [2.75, 3.05) is 32.1 Å². The Bertz CT molecular complexity index is 957. The standard InChI is InChI=1S/C25H37ClN4O3/c1-24(2,3)16-23(32)29(13-10-14-33-7)17-22(31)27-21-15-20(25(4,5)6)28-30(21)19-12-9-8-11-18(19)26/h8-9,11-12,15H,10,13-14,16-17H2,1-7H3,(H,27,31). The molecule has 0 aliphatic rings. The summed E-state index contributed by atoms with van der Waals surface area (Å²) in [6.45, 7) is 13.1. The summed E-state index contributed by atoms with van der Waals surface area (Å²) in [5, 5.41) is 8.18. The molecule has 1 heterocycles. The highest BCUT2D eigenvalue weighted by Crippen LogP contribution is 2.29. The Morgan fingerprint density at radius 2 is 1.82 bits per heavy atom. The van der Waals surface area contributed by atoms with Crippen molar-refractivity contribution < 1.29 is 14.3 Å². The molecule has 0 saturated heterocycles. The van der Waals surface area contributed by atoms with Crippen molar-refractivity contribution in [3.05, 3.63) is 41.0 Å². The second kappa shape index (κ2) is 11.2. The molecule has 182 valence electrons. The molecule has 2 rings (SSSR count). The number of anilines is 1. The normalized spacial score (nSPS) is 12.0. The first kappa shape index (κ1) is 26.9. The van der Waals surface area contributed by atoms with Crippen LogP contribution < -0.4 is 5.32 Å². The third-order valence-corrected chi connectivity index (χ3v) is 5.29. The highest BCUT2D eigenvalue weighted by atomic mass is 35.5. The molecule has 1 N–H and O–H groups in total. The summed E-state index contributed by atoms with van der Waals surface area (Å²) in [4.78, 5) is 27.5. The number of rotatable bonds is 9. The lowest BCUT2D eigenvalue weighted by molar-refractivity contribution is -0.136. The van der Waals surface area contributed by atoms with E-state index in [-0.39, 0.29) is 29.2 Å². The van der Waals surface area contributed by atoms with Crippen LogP contribution >= 0.6 is 11.6 Å². The number of carbonyl (C=O) groups is 2. The first-order valence-corrected chi connectivity index (χ1v) is 11.6. The van der Waals surface area contributed by atoms with Gasteiger partial charge in [0, 0.05) is 38.2 Å². The van der Waals surface area contributed by atoms with Gasteiger partial charge in [-0.1, -0.05) is 65.3 Å². The number of ether oxygens (including phenoxy) is 1. The van der Waals surface area contributed by atoms with Crippen LogP contribution in [0.15, 0.2) is 30.3 Å². The Labute approximate surface area is 202 Å². The number of aromatic nitrogens is 2. The fourth-order valence-electron chi connectivity index (χ4n) is 3.26. The highest BCUT2D eigenvalue weighted by Gasteiger charge is 2.25. The van der Waals surface area contributed by atoms with Crippen molar-refractivity contribution in [2.24, 2.45) is 5.41 Å². The summed E-state index contributed by atoms with van der Waals surface area (Å²) >= 11 is 6.41. The zero-order chi connectivity index (χ0) is 24.8. The molecule has 0 spiro atoms. The van der Waals surface area contributed by atoms with E-state index in [4.69, 9.17) is 21.4 Å². The third-order valence-electron chi connectivity index (χ3n) is 4.97. The number of methoxy groups -OCH3 is 1. The summed E-state index contributed by atoms with van der Waals surface area (Å²) in [6.07, 6.45) is 1.02. The van der Waals surface area contributed by atoms with E-state index in [0.717, 1.165) is 5.69 Å². The van der Waals surface area contributed by atoms with Crippen molar-refractivity contribution in [3.8, 4) is 5.69 Å². The van der Waals surface area contributed by atoms with Crippen molar-refractivity contribution in [3.63, 3.8) is 0 Å². The summed E-state index contributed by atoms with van der Waals surface area (Å²) in [5.74, 6) is 0.172. The fraction of sp³-hybridized carbons (Fsp3) is 0.560. The van der Waals surface area contributed by atoms with E-state index in [1.807, 2.05) is 45.0 Å². The number of nitrogens with zero attached hydrogens (tertiary/aromatic N) is 3. The maximum Gasteiger partial charge on any atom is 0.245 e. The molecule has 1 aromatic heterocycles. The lowest BCUT2D eigenvalue weighted by Crippen LogP contribution is -2.40. The Kier molecular flexibility index (Phi) is 9.09. The van der Waals surface area contributed by atoms with Crippen molar-refractivity contribution in [1.82, 2.24) is 14.7 Å². The summed E-state index contributed by atoms with van der Waals surface area (Å²) in [7, 11) is 1.62. The Morgan fingerprint density at radius 3 is 2.39 bits per heavy atom. The first-order chi connectivity index (χ1) is 15.3. The Balaban J connectivity index is 2.28. The van der Waals surface area contributed by atoms with Crippen LogP contribution in [0, 0.1) is 5.41 Å². The van der Waals surface area contributed by atoms with Crippen molar-refractivity contribution >= 4 is 29.2 Å². The quantitative estimate of drug-likeness (QED) is 0.513. The molecule has 0 aliphatic heterocycles. The predicted octanol–water partition coefficient (Wildman–Crippen LogP) is 5.06. The van der Waals surface area contributed by atoms with Gasteiger partial charge in [-0.3, -0.25) is 9.59 Å². The summed E-state index contributed by atoms with van der Waals surface area (Å²) in [5.41, 5.74) is 1.10. The van der Waals surface area contributed by atoms with Gasteiger partial charge in [0.15, 0.2) is 0 Å². The van der Waals surface area contributed by atoms with Gasteiger partial charge in [0.05, 0.1) is 22.9 Å². The lowest BCUT2D eigenvalue weighted by atomic mass is 9.91. The minimum Gasteiger partial charge on any atom is -0.385 e.